The van der Waals surface area contributed by atoms with Crippen LogP contribution in [0.1, 0.15) is 27.7 Å². The summed E-state index contributed by atoms with van der Waals surface area (Å²) in [6.45, 7) is 13.8. The first-order valence-corrected chi connectivity index (χ1v) is 5.67. The molecule has 0 N–H and O–H groups in total. The first kappa shape index (κ1) is 12.7. The minimum absolute atomic E-state index is 0.0516. The van der Waals surface area contributed by atoms with Gasteiger partial charge in [0, 0.05) is 23.9 Å². The van der Waals surface area contributed by atoms with Gasteiger partial charge in [-0.15, -0.1) is 0 Å². The van der Waals surface area contributed by atoms with Crippen LogP contribution in [0.3, 0.4) is 0 Å². The molecule has 16 heavy (non-hydrogen) atoms. The number of piperazine rings is 1. The van der Waals surface area contributed by atoms with Gasteiger partial charge in [-0.25, -0.2) is 0 Å². The normalized spacial score (nSPS) is 16.7. The molecular formula is C12H21N3O. The van der Waals surface area contributed by atoms with E-state index in [1.165, 1.54) is 0 Å². The van der Waals surface area contributed by atoms with Crippen LogP contribution in [0.4, 0.5) is 0 Å². The minimum Gasteiger partial charge on any atom is -0.335 e. The van der Waals surface area contributed by atoms with Gasteiger partial charge >= 0.3 is 0 Å². The van der Waals surface area contributed by atoms with Crippen molar-refractivity contribution in [1.82, 2.24) is 9.91 Å². The Kier molecular flexibility index (Phi) is 4.10. The van der Waals surface area contributed by atoms with E-state index in [0.29, 0.717) is 6.54 Å². The Morgan fingerprint density at radius 2 is 2.00 bits per heavy atom. The third kappa shape index (κ3) is 3.08. The van der Waals surface area contributed by atoms with E-state index < -0.39 is 0 Å². The predicted octanol–water partition coefficient (Wildman–Crippen LogP) is 1.70. The van der Waals surface area contributed by atoms with Crippen molar-refractivity contribution < 1.29 is 4.79 Å². The topological polar surface area (TPSA) is 35.9 Å². The Labute approximate surface area is 97.6 Å². The zero-order valence-corrected chi connectivity index (χ0v) is 10.7. The molecule has 0 radical (unpaired) electrons. The summed E-state index contributed by atoms with van der Waals surface area (Å²) in [6.07, 6.45) is 0. The second-order valence-electron chi connectivity index (χ2n) is 4.65. The molecule has 0 bridgehead atoms. The van der Waals surface area contributed by atoms with E-state index >= 15 is 0 Å². The average Bonchev–Trinajstić information content (AvgIpc) is 2.19. The maximum absolute atomic E-state index is 11.8. The lowest BCUT2D eigenvalue weighted by atomic mass is 10.1. The van der Waals surface area contributed by atoms with Gasteiger partial charge in [-0.3, -0.25) is 9.80 Å². The van der Waals surface area contributed by atoms with Crippen LogP contribution in [0, 0.1) is 5.92 Å². The highest BCUT2D eigenvalue weighted by atomic mass is 16.2. The summed E-state index contributed by atoms with van der Waals surface area (Å²) in [5.74, 6) is 0.244. The highest BCUT2D eigenvalue weighted by molar-refractivity contribution is 5.79. The summed E-state index contributed by atoms with van der Waals surface area (Å²) in [7, 11) is 0. The lowest BCUT2D eigenvalue weighted by Crippen LogP contribution is -2.46. The third-order valence-electron chi connectivity index (χ3n) is 2.45. The van der Waals surface area contributed by atoms with E-state index in [-0.39, 0.29) is 11.8 Å². The van der Waals surface area contributed by atoms with E-state index in [9.17, 15) is 4.79 Å². The molecule has 1 aliphatic heterocycles. The fraction of sp³-hybridized carbons (Fsp3) is 0.667. The quantitative estimate of drug-likeness (QED) is 0.668. The first-order valence-electron chi connectivity index (χ1n) is 5.67. The molecule has 1 saturated heterocycles. The molecule has 0 aromatic carbocycles. The van der Waals surface area contributed by atoms with Crippen LogP contribution in [0.15, 0.2) is 17.4 Å². The van der Waals surface area contributed by atoms with Gasteiger partial charge in [0.15, 0.2) is 0 Å². The zero-order chi connectivity index (χ0) is 12.3. The van der Waals surface area contributed by atoms with E-state index in [4.69, 9.17) is 0 Å². The maximum atomic E-state index is 11.8. The van der Waals surface area contributed by atoms with Gasteiger partial charge in [0.1, 0.15) is 0 Å². The smallest absolute Gasteiger partial charge is 0.225 e. The van der Waals surface area contributed by atoms with Crippen LogP contribution in [0.2, 0.25) is 0 Å². The van der Waals surface area contributed by atoms with Crippen molar-refractivity contribution in [3.05, 3.63) is 12.3 Å². The number of hydrogen-bond donors (Lipinski definition) is 0. The molecule has 0 atom stereocenters. The molecule has 0 aromatic heterocycles. The summed E-state index contributed by atoms with van der Waals surface area (Å²) in [5, 5.41) is 6.26. The molecule has 4 heteroatoms. The van der Waals surface area contributed by atoms with Crippen molar-refractivity contribution in [3.8, 4) is 0 Å². The largest absolute Gasteiger partial charge is 0.335 e. The number of nitrogens with zero attached hydrogens (tertiary/aromatic N) is 3. The van der Waals surface area contributed by atoms with Crippen LogP contribution in [-0.4, -0.2) is 41.2 Å². The Balaban J connectivity index is 2.62. The van der Waals surface area contributed by atoms with Crippen LogP contribution in [-0.2, 0) is 4.79 Å². The van der Waals surface area contributed by atoms with Gasteiger partial charge in [0.05, 0.1) is 13.1 Å². The standard InChI is InChI=1S/C12H21N3O/c1-9(2)12(16)14-6-7-15(11(5)8-14)13-10(3)4/h9H,5-8H2,1-4H3. The second kappa shape index (κ2) is 5.14. The molecular weight excluding hydrogens is 202 g/mol. The lowest BCUT2D eigenvalue weighted by Gasteiger charge is -2.35. The fourth-order valence-corrected chi connectivity index (χ4v) is 1.67. The van der Waals surface area contributed by atoms with Crippen molar-refractivity contribution in [2.24, 2.45) is 11.0 Å². The first-order chi connectivity index (χ1) is 7.41. The minimum atomic E-state index is 0.0516. The Morgan fingerprint density at radius 3 is 2.44 bits per heavy atom. The monoisotopic (exact) mass is 223 g/mol. The number of hydrazone groups is 1. The van der Waals surface area contributed by atoms with Gasteiger partial charge in [-0.2, -0.15) is 5.10 Å². The van der Waals surface area contributed by atoms with Crippen molar-refractivity contribution in [1.29, 1.82) is 0 Å². The van der Waals surface area contributed by atoms with E-state index in [1.807, 2.05) is 37.6 Å². The number of carbonyl (C=O) groups excluding carboxylic acids is 1. The SMILES string of the molecule is C=C1CN(C(=O)C(C)C)CCN1N=C(C)C. The van der Waals surface area contributed by atoms with Gasteiger partial charge in [-0.05, 0) is 13.8 Å². The van der Waals surface area contributed by atoms with E-state index in [2.05, 4.69) is 11.7 Å². The van der Waals surface area contributed by atoms with Crippen molar-refractivity contribution >= 4 is 11.6 Å². The summed E-state index contributed by atoms with van der Waals surface area (Å²) >= 11 is 0. The van der Waals surface area contributed by atoms with Crippen molar-refractivity contribution in [2.45, 2.75) is 27.7 Å². The summed E-state index contributed by atoms with van der Waals surface area (Å²) in [6, 6.07) is 0. The summed E-state index contributed by atoms with van der Waals surface area (Å²) in [4.78, 5) is 13.7. The molecule has 1 rings (SSSR count). The van der Waals surface area contributed by atoms with Crippen LogP contribution >= 0.6 is 0 Å². The Bertz CT molecular complexity index is 316. The van der Waals surface area contributed by atoms with E-state index in [0.717, 1.165) is 24.5 Å². The van der Waals surface area contributed by atoms with Gasteiger partial charge in [-0.1, -0.05) is 20.4 Å². The van der Waals surface area contributed by atoms with E-state index in [1.54, 1.807) is 0 Å². The Morgan fingerprint density at radius 1 is 1.38 bits per heavy atom. The molecule has 0 spiro atoms. The molecule has 0 aromatic rings. The molecule has 1 aliphatic rings. The predicted molar refractivity (Wildman–Crippen MR) is 66.0 cm³/mol. The maximum Gasteiger partial charge on any atom is 0.225 e. The molecule has 1 fully saturated rings. The summed E-state index contributed by atoms with van der Waals surface area (Å²) < 4.78 is 0. The molecule has 0 saturated carbocycles. The lowest BCUT2D eigenvalue weighted by molar-refractivity contribution is -0.135. The zero-order valence-electron chi connectivity index (χ0n) is 10.7. The average molecular weight is 223 g/mol. The molecule has 1 amide bonds. The van der Waals surface area contributed by atoms with Crippen LogP contribution < -0.4 is 0 Å². The number of carbonyl (C=O) groups is 1. The number of hydrogen-bond acceptors (Lipinski definition) is 3. The number of amides is 1. The van der Waals surface area contributed by atoms with Crippen LogP contribution in [0.25, 0.3) is 0 Å². The highest BCUT2D eigenvalue weighted by Crippen LogP contribution is 2.14. The molecule has 4 nitrogen and oxygen atoms in total. The van der Waals surface area contributed by atoms with Crippen molar-refractivity contribution in [3.63, 3.8) is 0 Å². The molecule has 0 aliphatic carbocycles. The highest BCUT2D eigenvalue weighted by Gasteiger charge is 2.24. The second-order valence-corrected chi connectivity index (χ2v) is 4.65. The molecule has 90 valence electrons. The Hall–Kier alpha value is -1.32. The third-order valence-corrected chi connectivity index (χ3v) is 2.45. The summed E-state index contributed by atoms with van der Waals surface area (Å²) in [5.41, 5.74) is 1.89. The van der Waals surface area contributed by atoms with Crippen LogP contribution in [0.5, 0.6) is 0 Å². The molecule has 0 unspecified atom stereocenters. The molecule has 1 heterocycles. The number of rotatable bonds is 2. The van der Waals surface area contributed by atoms with Gasteiger partial charge in [0.25, 0.3) is 0 Å². The van der Waals surface area contributed by atoms with Crippen molar-refractivity contribution in [2.75, 3.05) is 19.6 Å². The fourth-order valence-electron chi connectivity index (χ4n) is 1.67. The van der Waals surface area contributed by atoms with Gasteiger partial charge in [0.2, 0.25) is 5.91 Å². The van der Waals surface area contributed by atoms with Gasteiger partial charge < -0.3 is 4.90 Å².